The fourth-order valence-electron chi connectivity index (χ4n) is 1.28. The van der Waals surface area contributed by atoms with Crippen LogP contribution in [0.25, 0.3) is 0 Å². The summed E-state index contributed by atoms with van der Waals surface area (Å²) in [4.78, 5) is 10.9. The third kappa shape index (κ3) is 2.09. The van der Waals surface area contributed by atoms with Crippen molar-refractivity contribution in [3.05, 3.63) is 0 Å². The Morgan fingerprint density at radius 3 is 2.58 bits per heavy atom. The molecule has 0 aromatic carbocycles. The number of methoxy groups -OCH3 is 1. The molecule has 1 aliphatic heterocycles. The van der Waals surface area contributed by atoms with Crippen LogP contribution in [0, 0.1) is 5.92 Å². The Labute approximate surface area is 77.7 Å². The molecule has 0 bridgehead atoms. The Morgan fingerprint density at radius 1 is 1.67 bits per heavy atom. The van der Waals surface area contributed by atoms with Crippen molar-refractivity contribution >= 4 is 18.4 Å². The molecule has 3 atom stereocenters. The summed E-state index contributed by atoms with van der Waals surface area (Å²) in [5, 5.41) is 12.4. The summed E-state index contributed by atoms with van der Waals surface area (Å²) in [6, 6.07) is -0.0147. The van der Waals surface area contributed by atoms with Gasteiger partial charge in [-0.2, -0.15) is 0 Å². The summed E-state index contributed by atoms with van der Waals surface area (Å²) in [5.74, 6) is -0.732. The van der Waals surface area contributed by atoms with E-state index in [1.165, 1.54) is 7.11 Å². The Morgan fingerprint density at radius 2 is 2.25 bits per heavy atom. The first-order valence-electron chi connectivity index (χ1n) is 3.66. The number of carbonyl (C=O) groups is 1. The molecule has 0 amide bonds. The minimum absolute atomic E-state index is 0. The zero-order chi connectivity index (χ0) is 8.43. The maximum absolute atomic E-state index is 10.9. The molecule has 0 spiro atoms. The minimum atomic E-state index is -0.609. The number of halogens is 1. The SMILES string of the molecule is COC(=O)[C@@H]1CN[C@H](C)[C@H]1O.Cl. The Balaban J connectivity index is 0.00000121. The normalized spacial score (nSPS) is 34.1. The third-order valence-electron chi connectivity index (χ3n) is 2.09. The van der Waals surface area contributed by atoms with Crippen LogP contribution in [-0.4, -0.2) is 36.9 Å². The van der Waals surface area contributed by atoms with Gasteiger partial charge >= 0.3 is 5.97 Å². The van der Waals surface area contributed by atoms with E-state index in [2.05, 4.69) is 10.1 Å². The fraction of sp³-hybridized carbons (Fsp3) is 0.857. The molecule has 0 radical (unpaired) electrons. The molecule has 1 saturated heterocycles. The molecule has 1 heterocycles. The van der Waals surface area contributed by atoms with Gasteiger partial charge in [-0.15, -0.1) is 12.4 Å². The van der Waals surface area contributed by atoms with Crippen LogP contribution in [0.15, 0.2) is 0 Å². The van der Waals surface area contributed by atoms with Crippen molar-refractivity contribution in [1.82, 2.24) is 5.32 Å². The number of aliphatic hydroxyl groups excluding tert-OH is 1. The molecule has 2 N–H and O–H groups in total. The average molecular weight is 196 g/mol. The van der Waals surface area contributed by atoms with Gasteiger partial charge in [0.1, 0.15) is 0 Å². The molecule has 72 valence electrons. The van der Waals surface area contributed by atoms with E-state index in [4.69, 9.17) is 0 Å². The summed E-state index contributed by atoms with van der Waals surface area (Å²) in [5.41, 5.74) is 0. The van der Waals surface area contributed by atoms with Crippen molar-refractivity contribution in [1.29, 1.82) is 0 Å². The molecule has 1 rings (SSSR count). The van der Waals surface area contributed by atoms with Crippen molar-refractivity contribution in [2.45, 2.75) is 19.1 Å². The van der Waals surface area contributed by atoms with Crippen LogP contribution in [0.2, 0.25) is 0 Å². The molecule has 5 heteroatoms. The Bertz CT molecular complexity index is 165. The predicted molar refractivity (Wildman–Crippen MR) is 46.2 cm³/mol. The number of carbonyl (C=O) groups excluding carboxylic acids is 1. The lowest BCUT2D eigenvalue weighted by molar-refractivity contribution is -0.147. The summed E-state index contributed by atoms with van der Waals surface area (Å²) in [7, 11) is 1.33. The zero-order valence-electron chi connectivity index (χ0n) is 7.11. The van der Waals surface area contributed by atoms with Gasteiger partial charge in [-0.1, -0.05) is 0 Å². The number of aliphatic hydroxyl groups is 1. The maximum Gasteiger partial charge on any atom is 0.312 e. The molecular weight excluding hydrogens is 182 g/mol. The van der Waals surface area contributed by atoms with Crippen molar-refractivity contribution in [3.63, 3.8) is 0 Å². The van der Waals surface area contributed by atoms with Crippen LogP contribution >= 0.6 is 12.4 Å². The van der Waals surface area contributed by atoms with E-state index in [0.717, 1.165) is 0 Å². The second-order valence-corrected chi connectivity index (χ2v) is 2.82. The first-order chi connectivity index (χ1) is 5.16. The standard InChI is InChI=1S/C7H13NO3.ClH/c1-4-6(9)5(3-8-4)7(10)11-2;/h4-6,8-9H,3H2,1-2H3;1H/t4-,5-,6-;/m1./s1. The first kappa shape index (κ1) is 11.7. The second kappa shape index (κ2) is 4.64. The lowest BCUT2D eigenvalue weighted by Gasteiger charge is -2.12. The van der Waals surface area contributed by atoms with Gasteiger partial charge in [0.2, 0.25) is 0 Å². The highest BCUT2D eigenvalue weighted by Crippen LogP contribution is 2.15. The van der Waals surface area contributed by atoms with Gasteiger partial charge in [-0.05, 0) is 6.92 Å². The van der Waals surface area contributed by atoms with Gasteiger partial charge in [0.05, 0.1) is 19.1 Å². The number of ether oxygens (including phenoxy) is 1. The Kier molecular flexibility index (Phi) is 4.52. The topological polar surface area (TPSA) is 58.6 Å². The summed E-state index contributed by atoms with van der Waals surface area (Å²) >= 11 is 0. The van der Waals surface area contributed by atoms with Gasteiger partial charge in [-0.25, -0.2) is 0 Å². The first-order valence-corrected chi connectivity index (χ1v) is 3.66. The molecule has 12 heavy (non-hydrogen) atoms. The van der Waals surface area contributed by atoms with Gasteiger partial charge in [-0.3, -0.25) is 4.79 Å². The summed E-state index contributed by atoms with van der Waals surface area (Å²) in [6.07, 6.45) is -0.609. The molecule has 0 aromatic heterocycles. The molecule has 0 unspecified atom stereocenters. The van der Waals surface area contributed by atoms with E-state index < -0.39 is 12.0 Å². The third-order valence-corrected chi connectivity index (χ3v) is 2.09. The van der Waals surface area contributed by atoms with Crippen molar-refractivity contribution in [3.8, 4) is 0 Å². The molecule has 1 fully saturated rings. The number of nitrogens with one attached hydrogen (secondary N) is 1. The van der Waals surface area contributed by atoms with Gasteiger partial charge in [0.15, 0.2) is 0 Å². The molecule has 0 aliphatic carbocycles. The minimum Gasteiger partial charge on any atom is -0.469 e. The highest BCUT2D eigenvalue weighted by atomic mass is 35.5. The number of hydrogen-bond acceptors (Lipinski definition) is 4. The van der Waals surface area contributed by atoms with E-state index in [0.29, 0.717) is 6.54 Å². The maximum atomic E-state index is 10.9. The Hall–Kier alpha value is -0.320. The van der Waals surface area contributed by atoms with Crippen LogP contribution in [0.5, 0.6) is 0 Å². The highest BCUT2D eigenvalue weighted by Gasteiger charge is 2.36. The average Bonchev–Trinajstić information content (AvgIpc) is 2.32. The lowest BCUT2D eigenvalue weighted by Crippen LogP contribution is -2.31. The number of esters is 1. The lowest BCUT2D eigenvalue weighted by atomic mass is 10.0. The van der Waals surface area contributed by atoms with Gasteiger partial charge < -0.3 is 15.2 Å². The molecule has 0 saturated carbocycles. The van der Waals surface area contributed by atoms with Gasteiger partial charge in [0.25, 0.3) is 0 Å². The van der Waals surface area contributed by atoms with Crippen LogP contribution in [0.3, 0.4) is 0 Å². The van der Waals surface area contributed by atoms with Crippen molar-refractivity contribution < 1.29 is 14.6 Å². The van der Waals surface area contributed by atoms with Crippen LogP contribution in [0.1, 0.15) is 6.92 Å². The summed E-state index contributed by atoms with van der Waals surface area (Å²) < 4.78 is 4.51. The largest absolute Gasteiger partial charge is 0.469 e. The van der Waals surface area contributed by atoms with Crippen LogP contribution in [-0.2, 0) is 9.53 Å². The quantitative estimate of drug-likeness (QED) is 0.557. The molecule has 1 aliphatic rings. The van der Waals surface area contributed by atoms with Crippen LogP contribution < -0.4 is 5.32 Å². The highest BCUT2D eigenvalue weighted by molar-refractivity contribution is 5.85. The predicted octanol–water partition coefficient (Wildman–Crippen LogP) is -0.450. The smallest absolute Gasteiger partial charge is 0.312 e. The van der Waals surface area contributed by atoms with Crippen LogP contribution in [0.4, 0.5) is 0 Å². The van der Waals surface area contributed by atoms with E-state index >= 15 is 0 Å². The van der Waals surface area contributed by atoms with E-state index in [1.807, 2.05) is 6.92 Å². The van der Waals surface area contributed by atoms with E-state index in [1.54, 1.807) is 0 Å². The molecular formula is C7H14ClNO3. The second-order valence-electron chi connectivity index (χ2n) is 2.82. The number of hydrogen-bond donors (Lipinski definition) is 2. The zero-order valence-corrected chi connectivity index (χ0v) is 7.93. The molecule has 0 aromatic rings. The van der Waals surface area contributed by atoms with Crippen molar-refractivity contribution in [2.24, 2.45) is 5.92 Å². The monoisotopic (exact) mass is 195 g/mol. The van der Waals surface area contributed by atoms with Gasteiger partial charge in [0, 0.05) is 12.6 Å². The van der Waals surface area contributed by atoms with E-state index in [9.17, 15) is 9.90 Å². The molecule has 4 nitrogen and oxygen atoms in total. The van der Waals surface area contributed by atoms with Crippen molar-refractivity contribution in [2.75, 3.05) is 13.7 Å². The summed E-state index contributed by atoms with van der Waals surface area (Å²) in [6.45, 7) is 2.35. The van der Waals surface area contributed by atoms with E-state index in [-0.39, 0.29) is 24.4 Å². The fourth-order valence-corrected chi connectivity index (χ4v) is 1.28. The number of rotatable bonds is 1.